The molecule has 1 aromatic heterocycles. The maximum absolute atomic E-state index is 13.6. The molecule has 1 unspecified atom stereocenters. The lowest BCUT2D eigenvalue weighted by Gasteiger charge is -2.11. The SMILES string of the molecule is NC(CNC(=O)c1nn(-c2ccc(F)c(F)c2)c2c1CCC2)C1CC1. The summed E-state index contributed by atoms with van der Waals surface area (Å²) in [6.07, 6.45) is 4.68. The Morgan fingerprint density at radius 1 is 1.32 bits per heavy atom. The van der Waals surface area contributed by atoms with Crippen LogP contribution in [0.1, 0.15) is 41.0 Å². The number of nitrogens with zero attached hydrogens (tertiary/aromatic N) is 2. The lowest BCUT2D eigenvalue weighted by Crippen LogP contribution is -2.39. The molecule has 2 aliphatic carbocycles. The highest BCUT2D eigenvalue weighted by atomic mass is 19.2. The second-order valence-corrected chi connectivity index (χ2v) is 6.85. The molecule has 5 nitrogen and oxygen atoms in total. The number of carbonyl (C=O) groups excluding carboxylic acids is 1. The summed E-state index contributed by atoms with van der Waals surface area (Å²) >= 11 is 0. The third kappa shape index (κ3) is 3.04. The lowest BCUT2D eigenvalue weighted by atomic mass is 10.1. The molecule has 25 heavy (non-hydrogen) atoms. The highest BCUT2D eigenvalue weighted by Gasteiger charge is 2.30. The van der Waals surface area contributed by atoms with E-state index in [9.17, 15) is 13.6 Å². The number of benzene rings is 1. The fourth-order valence-electron chi connectivity index (χ4n) is 3.44. The first-order chi connectivity index (χ1) is 12.0. The van der Waals surface area contributed by atoms with Crippen molar-refractivity contribution in [2.75, 3.05) is 6.54 Å². The van der Waals surface area contributed by atoms with Gasteiger partial charge in [0.25, 0.3) is 5.91 Å². The number of hydrogen-bond donors (Lipinski definition) is 2. The molecule has 1 heterocycles. The quantitative estimate of drug-likeness (QED) is 0.871. The largest absolute Gasteiger partial charge is 0.349 e. The fourth-order valence-corrected chi connectivity index (χ4v) is 3.44. The summed E-state index contributed by atoms with van der Waals surface area (Å²) in [5.74, 6) is -1.58. The predicted molar refractivity (Wildman–Crippen MR) is 88.5 cm³/mol. The van der Waals surface area contributed by atoms with Gasteiger partial charge in [-0.15, -0.1) is 0 Å². The Kier molecular flexibility index (Phi) is 4.03. The van der Waals surface area contributed by atoms with E-state index in [1.807, 2.05) is 0 Å². The van der Waals surface area contributed by atoms with Crippen LogP contribution >= 0.6 is 0 Å². The molecule has 1 aromatic carbocycles. The molecule has 4 rings (SSSR count). The summed E-state index contributed by atoms with van der Waals surface area (Å²) in [4.78, 5) is 12.5. The van der Waals surface area contributed by atoms with Crippen molar-refractivity contribution >= 4 is 5.91 Å². The number of halogens is 2. The van der Waals surface area contributed by atoms with Gasteiger partial charge in [-0.25, -0.2) is 13.5 Å². The first-order valence-electron chi connectivity index (χ1n) is 8.64. The molecular formula is C18H20F2N4O. The fraction of sp³-hybridized carbons (Fsp3) is 0.444. The summed E-state index contributed by atoms with van der Waals surface area (Å²) in [7, 11) is 0. The zero-order valence-corrected chi connectivity index (χ0v) is 13.8. The van der Waals surface area contributed by atoms with Crippen molar-refractivity contribution in [1.29, 1.82) is 0 Å². The Morgan fingerprint density at radius 2 is 2.12 bits per heavy atom. The molecule has 0 bridgehead atoms. The van der Waals surface area contributed by atoms with Crippen molar-refractivity contribution in [2.45, 2.75) is 38.1 Å². The van der Waals surface area contributed by atoms with Crippen LogP contribution in [0.5, 0.6) is 0 Å². The van der Waals surface area contributed by atoms with Gasteiger partial charge < -0.3 is 11.1 Å². The third-order valence-electron chi connectivity index (χ3n) is 5.02. The van der Waals surface area contributed by atoms with Gasteiger partial charge in [-0.1, -0.05) is 0 Å². The Hall–Kier alpha value is -2.28. The molecule has 3 N–H and O–H groups in total. The van der Waals surface area contributed by atoms with E-state index in [2.05, 4.69) is 10.4 Å². The molecule has 1 saturated carbocycles. The molecule has 0 radical (unpaired) electrons. The third-order valence-corrected chi connectivity index (χ3v) is 5.02. The molecule has 1 fully saturated rings. The second kappa shape index (κ2) is 6.22. The minimum atomic E-state index is -0.929. The molecule has 2 aliphatic rings. The lowest BCUT2D eigenvalue weighted by molar-refractivity contribution is 0.0944. The van der Waals surface area contributed by atoms with E-state index in [1.54, 1.807) is 4.68 Å². The Balaban J connectivity index is 1.60. The van der Waals surface area contributed by atoms with Crippen molar-refractivity contribution in [2.24, 2.45) is 11.7 Å². The number of amides is 1. The van der Waals surface area contributed by atoms with Crippen molar-refractivity contribution < 1.29 is 13.6 Å². The summed E-state index contributed by atoms with van der Waals surface area (Å²) in [6.45, 7) is 0.427. The van der Waals surface area contributed by atoms with Crippen LogP contribution in [0.15, 0.2) is 18.2 Å². The van der Waals surface area contributed by atoms with Crippen LogP contribution < -0.4 is 11.1 Å². The van der Waals surface area contributed by atoms with Crippen molar-refractivity contribution in [3.05, 3.63) is 46.8 Å². The van der Waals surface area contributed by atoms with Crippen LogP contribution in [-0.2, 0) is 12.8 Å². The first-order valence-corrected chi connectivity index (χ1v) is 8.64. The molecule has 0 aliphatic heterocycles. The number of fused-ring (bicyclic) bond motifs is 1. The number of rotatable bonds is 5. The smallest absolute Gasteiger partial charge is 0.272 e. The van der Waals surface area contributed by atoms with Gasteiger partial charge in [0.2, 0.25) is 0 Å². The van der Waals surface area contributed by atoms with E-state index in [0.29, 0.717) is 23.8 Å². The van der Waals surface area contributed by atoms with Crippen LogP contribution in [0, 0.1) is 17.6 Å². The monoisotopic (exact) mass is 346 g/mol. The van der Waals surface area contributed by atoms with Gasteiger partial charge in [0.1, 0.15) is 0 Å². The standard InChI is InChI=1S/C18H20F2N4O/c19-13-7-6-11(8-14(13)20)24-16-3-1-2-12(16)17(23-24)18(25)22-9-15(21)10-4-5-10/h6-8,10,15H,1-5,9,21H2,(H,22,25). The van der Waals surface area contributed by atoms with Crippen LogP contribution in [0.2, 0.25) is 0 Å². The van der Waals surface area contributed by atoms with E-state index >= 15 is 0 Å². The van der Waals surface area contributed by atoms with Gasteiger partial charge in [0.15, 0.2) is 17.3 Å². The minimum absolute atomic E-state index is 0.0229. The molecule has 132 valence electrons. The Morgan fingerprint density at radius 3 is 2.84 bits per heavy atom. The first kappa shape index (κ1) is 16.2. The van der Waals surface area contributed by atoms with E-state index in [0.717, 1.165) is 55.5 Å². The summed E-state index contributed by atoms with van der Waals surface area (Å²) in [6, 6.07) is 3.62. The average molecular weight is 346 g/mol. The van der Waals surface area contributed by atoms with Crippen LogP contribution in [0.4, 0.5) is 8.78 Å². The number of nitrogens with one attached hydrogen (secondary N) is 1. The van der Waals surface area contributed by atoms with E-state index in [1.165, 1.54) is 6.07 Å². The highest BCUT2D eigenvalue weighted by molar-refractivity contribution is 5.94. The van der Waals surface area contributed by atoms with Gasteiger partial charge in [0.05, 0.1) is 5.69 Å². The van der Waals surface area contributed by atoms with Gasteiger partial charge >= 0.3 is 0 Å². The summed E-state index contributed by atoms with van der Waals surface area (Å²) in [5, 5.41) is 7.25. The van der Waals surface area contributed by atoms with E-state index in [-0.39, 0.29) is 11.9 Å². The highest BCUT2D eigenvalue weighted by Crippen LogP contribution is 2.31. The van der Waals surface area contributed by atoms with E-state index < -0.39 is 11.6 Å². The molecule has 2 aromatic rings. The molecule has 1 atom stereocenters. The summed E-state index contributed by atoms with van der Waals surface area (Å²) < 4.78 is 28.3. The van der Waals surface area contributed by atoms with Crippen molar-refractivity contribution in [1.82, 2.24) is 15.1 Å². The molecule has 0 spiro atoms. The van der Waals surface area contributed by atoms with Crippen LogP contribution in [0.25, 0.3) is 5.69 Å². The molecule has 7 heteroatoms. The van der Waals surface area contributed by atoms with E-state index in [4.69, 9.17) is 5.73 Å². The van der Waals surface area contributed by atoms with Gasteiger partial charge in [-0.3, -0.25) is 4.79 Å². The number of nitrogens with two attached hydrogens (primary N) is 1. The normalized spacial score (nSPS) is 17.4. The van der Waals surface area contributed by atoms with Crippen molar-refractivity contribution in [3.8, 4) is 5.69 Å². The van der Waals surface area contributed by atoms with Gasteiger partial charge in [-0.2, -0.15) is 5.10 Å². The zero-order valence-electron chi connectivity index (χ0n) is 13.8. The number of carbonyl (C=O) groups is 1. The Bertz CT molecular complexity index is 829. The topological polar surface area (TPSA) is 72.9 Å². The zero-order chi connectivity index (χ0) is 17.6. The average Bonchev–Trinajstić information content (AvgIpc) is 3.23. The molecular weight excluding hydrogens is 326 g/mol. The molecule has 0 saturated heterocycles. The van der Waals surface area contributed by atoms with Crippen LogP contribution in [0.3, 0.4) is 0 Å². The Labute approximate surface area is 144 Å². The van der Waals surface area contributed by atoms with Gasteiger partial charge in [-0.05, 0) is 50.2 Å². The minimum Gasteiger partial charge on any atom is -0.349 e. The van der Waals surface area contributed by atoms with Crippen LogP contribution in [-0.4, -0.2) is 28.3 Å². The maximum atomic E-state index is 13.6. The predicted octanol–water partition coefficient (Wildman–Crippen LogP) is 2.11. The number of hydrogen-bond acceptors (Lipinski definition) is 3. The van der Waals surface area contributed by atoms with Gasteiger partial charge in [0, 0.05) is 29.9 Å². The maximum Gasteiger partial charge on any atom is 0.272 e. The summed E-state index contributed by atoms with van der Waals surface area (Å²) in [5.41, 5.74) is 8.59. The van der Waals surface area contributed by atoms with Crippen molar-refractivity contribution in [3.63, 3.8) is 0 Å². The second-order valence-electron chi connectivity index (χ2n) is 6.85. The molecule has 1 amide bonds. The number of aromatic nitrogens is 2.